The molecule has 1 aliphatic rings. The Morgan fingerprint density at radius 1 is 1.52 bits per heavy atom. The molecule has 0 unspecified atom stereocenters. The van der Waals surface area contributed by atoms with E-state index in [1.54, 1.807) is 6.07 Å². The van der Waals surface area contributed by atoms with Crippen LogP contribution in [0.2, 0.25) is 0 Å². The number of pyridine rings is 1. The van der Waals surface area contributed by atoms with Crippen LogP contribution >= 0.6 is 0 Å². The number of nitrogens with one attached hydrogen (secondary N) is 1. The van der Waals surface area contributed by atoms with Crippen molar-refractivity contribution in [2.45, 2.75) is 17.7 Å². The highest BCUT2D eigenvalue weighted by atomic mass is 32.2. The fourth-order valence-electron chi connectivity index (χ4n) is 2.72. The number of nitrogens with zero attached hydrogens (tertiary/aromatic N) is 3. The molecular formula is C15H24N4O3S. The summed E-state index contributed by atoms with van der Waals surface area (Å²) in [5.74, 6) is 0.145. The third kappa shape index (κ3) is 4.98. The van der Waals surface area contributed by atoms with E-state index >= 15 is 0 Å². The molecule has 1 aromatic rings. The lowest BCUT2D eigenvalue weighted by molar-refractivity contribution is -0.121. The van der Waals surface area contributed by atoms with Crippen molar-refractivity contribution in [1.82, 2.24) is 19.5 Å². The summed E-state index contributed by atoms with van der Waals surface area (Å²) in [5.41, 5.74) is 0. The molecule has 0 saturated carbocycles. The van der Waals surface area contributed by atoms with Gasteiger partial charge in [0.05, 0.1) is 6.54 Å². The van der Waals surface area contributed by atoms with Crippen molar-refractivity contribution in [1.29, 1.82) is 0 Å². The molecule has 1 aliphatic heterocycles. The molecular weight excluding hydrogens is 316 g/mol. The van der Waals surface area contributed by atoms with Gasteiger partial charge in [-0.1, -0.05) is 0 Å². The minimum atomic E-state index is -3.68. The Morgan fingerprint density at radius 3 is 2.96 bits per heavy atom. The number of hydrogen-bond donors (Lipinski definition) is 1. The fraction of sp³-hybridized carbons (Fsp3) is 0.600. The average Bonchev–Trinajstić information content (AvgIpc) is 2.54. The summed E-state index contributed by atoms with van der Waals surface area (Å²) in [6.07, 6.45) is 5.01. The predicted octanol–water partition coefficient (Wildman–Crippen LogP) is 0.160. The second kappa shape index (κ2) is 7.85. The number of likely N-dealkylation sites (N-methyl/N-ethyl adjacent to an activating group) is 1. The highest BCUT2D eigenvalue weighted by Gasteiger charge is 2.24. The molecule has 1 atom stereocenters. The lowest BCUT2D eigenvalue weighted by Gasteiger charge is -2.29. The first kappa shape index (κ1) is 17.8. The second-order valence-corrected chi connectivity index (χ2v) is 8.07. The number of likely N-dealkylation sites (tertiary alicyclic amines) is 1. The maximum atomic E-state index is 12.3. The molecule has 1 amide bonds. The van der Waals surface area contributed by atoms with Gasteiger partial charge >= 0.3 is 0 Å². The SMILES string of the molecule is CN1CCC[C@H](CNC(=O)CN(C)S(=O)(=O)c2cccnc2)C1. The van der Waals surface area contributed by atoms with E-state index in [2.05, 4.69) is 22.2 Å². The topological polar surface area (TPSA) is 82.6 Å². The molecule has 23 heavy (non-hydrogen) atoms. The van der Waals surface area contributed by atoms with Crippen molar-refractivity contribution in [3.63, 3.8) is 0 Å². The first-order valence-corrected chi connectivity index (χ1v) is 9.15. The Balaban J connectivity index is 1.85. The summed E-state index contributed by atoms with van der Waals surface area (Å²) in [7, 11) is -0.213. The monoisotopic (exact) mass is 340 g/mol. The van der Waals surface area contributed by atoms with Gasteiger partial charge in [0.15, 0.2) is 0 Å². The Bertz CT molecular complexity index is 621. The largest absolute Gasteiger partial charge is 0.355 e. The van der Waals surface area contributed by atoms with Gasteiger partial charge in [0.25, 0.3) is 0 Å². The minimum Gasteiger partial charge on any atom is -0.355 e. The van der Waals surface area contributed by atoms with Crippen LogP contribution in [0.25, 0.3) is 0 Å². The summed E-state index contributed by atoms with van der Waals surface area (Å²) in [6.45, 7) is 2.45. The van der Waals surface area contributed by atoms with Gasteiger partial charge < -0.3 is 10.2 Å². The van der Waals surface area contributed by atoms with E-state index in [0.717, 1.165) is 30.2 Å². The lowest BCUT2D eigenvalue weighted by atomic mass is 9.98. The van der Waals surface area contributed by atoms with Gasteiger partial charge in [-0.3, -0.25) is 9.78 Å². The molecule has 128 valence electrons. The zero-order valence-corrected chi connectivity index (χ0v) is 14.4. The van der Waals surface area contributed by atoms with Gasteiger partial charge in [-0.05, 0) is 44.5 Å². The molecule has 0 radical (unpaired) electrons. The molecule has 0 bridgehead atoms. The third-order valence-electron chi connectivity index (χ3n) is 4.02. The predicted molar refractivity (Wildman–Crippen MR) is 87.3 cm³/mol. The van der Waals surface area contributed by atoms with Crippen LogP contribution in [-0.2, 0) is 14.8 Å². The van der Waals surface area contributed by atoms with Crippen LogP contribution in [-0.4, -0.2) is 68.8 Å². The number of aromatic nitrogens is 1. The van der Waals surface area contributed by atoms with Gasteiger partial charge in [-0.15, -0.1) is 0 Å². The Kier molecular flexibility index (Phi) is 6.09. The van der Waals surface area contributed by atoms with E-state index in [-0.39, 0.29) is 17.3 Å². The van der Waals surface area contributed by atoms with Crippen molar-refractivity contribution in [2.75, 3.05) is 40.3 Å². The fourth-order valence-corrected chi connectivity index (χ4v) is 3.81. The van der Waals surface area contributed by atoms with Gasteiger partial charge in [-0.25, -0.2) is 8.42 Å². The van der Waals surface area contributed by atoms with Crippen molar-refractivity contribution < 1.29 is 13.2 Å². The number of sulfonamides is 1. The average molecular weight is 340 g/mol. The zero-order valence-electron chi connectivity index (χ0n) is 13.6. The van der Waals surface area contributed by atoms with Crippen LogP contribution in [0.5, 0.6) is 0 Å². The summed E-state index contributed by atoms with van der Waals surface area (Å²) in [4.78, 5) is 18.2. The molecule has 0 aromatic carbocycles. The van der Waals surface area contributed by atoms with E-state index < -0.39 is 10.0 Å². The first-order valence-electron chi connectivity index (χ1n) is 7.71. The maximum Gasteiger partial charge on any atom is 0.244 e. The number of piperidine rings is 1. The summed E-state index contributed by atoms with van der Waals surface area (Å²) >= 11 is 0. The number of carbonyl (C=O) groups excluding carboxylic acids is 1. The van der Waals surface area contributed by atoms with Crippen LogP contribution in [0.15, 0.2) is 29.4 Å². The normalized spacial score (nSPS) is 19.7. The van der Waals surface area contributed by atoms with Crippen molar-refractivity contribution >= 4 is 15.9 Å². The van der Waals surface area contributed by atoms with Gasteiger partial charge in [-0.2, -0.15) is 4.31 Å². The van der Waals surface area contributed by atoms with E-state index in [1.807, 2.05) is 0 Å². The number of amides is 1. The van der Waals surface area contributed by atoms with Crippen LogP contribution in [0.1, 0.15) is 12.8 Å². The van der Waals surface area contributed by atoms with Crippen LogP contribution in [0, 0.1) is 5.92 Å². The smallest absolute Gasteiger partial charge is 0.244 e. The van der Waals surface area contributed by atoms with Crippen LogP contribution in [0.3, 0.4) is 0 Å². The molecule has 1 N–H and O–H groups in total. The molecule has 8 heteroatoms. The standard InChI is InChI=1S/C15H24N4O3S/c1-18-8-4-5-13(11-18)9-17-15(20)12-19(2)23(21,22)14-6-3-7-16-10-14/h3,6-7,10,13H,4-5,8-9,11-12H2,1-2H3,(H,17,20)/t13-/m1/s1. The second-order valence-electron chi connectivity index (χ2n) is 6.02. The Hall–Kier alpha value is -1.51. The first-order chi connectivity index (χ1) is 10.9. The quantitative estimate of drug-likeness (QED) is 0.798. The van der Waals surface area contributed by atoms with Crippen LogP contribution in [0.4, 0.5) is 0 Å². The van der Waals surface area contributed by atoms with E-state index in [0.29, 0.717) is 12.5 Å². The molecule has 1 fully saturated rings. The molecule has 7 nitrogen and oxygen atoms in total. The Labute approximate surface area is 137 Å². The zero-order chi connectivity index (χ0) is 16.9. The summed E-state index contributed by atoms with van der Waals surface area (Å²) < 4.78 is 25.7. The van der Waals surface area contributed by atoms with Crippen molar-refractivity contribution in [3.8, 4) is 0 Å². The number of carbonyl (C=O) groups is 1. The Morgan fingerprint density at radius 2 is 2.30 bits per heavy atom. The lowest BCUT2D eigenvalue weighted by Crippen LogP contribution is -2.43. The van der Waals surface area contributed by atoms with E-state index in [4.69, 9.17) is 0 Å². The molecule has 0 aliphatic carbocycles. The molecule has 2 heterocycles. The van der Waals surface area contributed by atoms with Gasteiger partial charge in [0.1, 0.15) is 4.90 Å². The van der Waals surface area contributed by atoms with Crippen LogP contribution < -0.4 is 5.32 Å². The molecule has 0 spiro atoms. The molecule has 2 rings (SSSR count). The summed E-state index contributed by atoms with van der Waals surface area (Å²) in [6, 6.07) is 3.02. The van der Waals surface area contributed by atoms with Crippen molar-refractivity contribution in [2.24, 2.45) is 5.92 Å². The van der Waals surface area contributed by atoms with Gasteiger partial charge in [0.2, 0.25) is 15.9 Å². The number of rotatable bonds is 6. The number of hydrogen-bond acceptors (Lipinski definition) is 5. The summed E-state index contributed by atoms with van der Waals surface area (Å²) in [5, 5.41) is 2.84. The molecule has 1 aromatic heterocycles. The van der Waals surface area contributed by atoms with Crippen molar-refractivity contribution in [3.05, 3.63) is 24.5 Å². The highest BCUT2D eigenvalue weighted by molar-refractivity contribution is 7.89. The highest BCUT2D eigenvalue weighted by Crippen LogP contribution is 2.14. The van der Waals surface area contributed by atoms with Gasteiger partial charge in [0, 0.05) is 32.5 Å². The van der Waals surface area contributed by atoms with E-state index in [9.17, 15) is 13.2 Å². The maximum absolute atomic E-state index is 12.3. The molecule has 1 saturated heterocycles. The minimum absolute atomic E-state index is 0.0872. The van der Waals surface area contributed by atoms with E-state index in [1.165, 1.54) is 25.5 Å². The third-order valence-corrected chi connectivity index (χ3v) is 5.81.